The van der Waals surface area contributed by atoms with E-state index in [0.717, 1.165) is 5.56 Å². The molecule has 0 atom stereocenters. The van der Waals surface area contributed by atoms with Gasteiger partial charge in [-0.05, 0) is 31.2 Å². The number of nitrogens with zero attached hydrogens (tertiary/aromatic N) is 2. The van der Waals surface area contributed by atoms with Crippen molar-refractivity contribution in [3.8, 4) is 0 Å². The Morgan fingerprint density at radius 1 is 1.23 bits per heavy atom. The number of hydrogen-bond acceptors (Lipinski definition) is 3. The maximum absolute atomic E-state index is 12.2. The lowest BCUT2D eigenvalue weighted by Crippen LogP contribution is -2.34. The van der Waals surface area contributed by atoms with E-state index in [1.165, 1.54) is 17.2 Å². The standard InChI is InChI=1S/C16H16ClN3O2/c1-11-3-5-13(6-4-11)19-15(21)10-20(2)16(22)12-7-8-18-14(17)9-12/h3-9H,10H2,1-2H3,(H,19,21). The van der Waals surface area contributed by atoms with Crippen LogP contribution >= 0.6 is 11.6 Å². The highest BCUT2D eigenvalue weighted by atomic mass is 35.5. The van der Waals surface area contributed by atoms with Crippen molar-refractivity contribution in [2.24, 2.45) is 0 Å². The smallest absolute Gasteiger partial charge is 0.254 e. The Morgan fingerprint density at radius 3 is 2.55 bits per heavy atom. The number of pyridine rings is 1. The first-order chi connectivity index (χ1) is 10.5. The largest absolute Gasteiger partial charge is 0.332 e. The number of aryl methyl sites for hydroxylation is 1. The number of amides is 2. The summed E-state index contributed by atoms with van der Waals surface area (Å²) in [5, 5.41) is 2.99. The van der Waals surface area contributed by atoms with E-state index in [0.29, 0.717) is 11.3 Å². The van der Waals surface area contributed by atoms with E-state index in [-0.39, 0.29) is 23.5 Å². The van der Waals surface area contributed by atoms with Gasteiger partial charge >= 0.3 is 0 Å². The van der Waals surface area contributed by atoms with Crippen LogP contribution in [0.1, 0.15) is 15.9 Å². The monoisotopic (exact) mass is 317 g/mol. The molecule has 1 heterocycles. The molecule has 1 N–H and O–H groups in total. The number of anilines is 1. The van der Waals surface area contributed by atoms with Gasteiger partial charge in [0.2, 0.25) is 5.91 Å². The molecule has 1 aromatic heterocycles. The zero-order valence-electron chi connectivity index (χ0n) is 12.3. The van der Waals surface area contributed by atoms with Gasteiger partial charge in [-0.1, -0.05) is 29.3 Å². The van der Waals surface area contributed by atoms with Gasteiger partial charge in [-0.25, -0.2) is 4.98 Å². The van der Waals surface area contributed by atoms with Crippen molar-refractivity contribution in [2.75, 3.05) is 18.9 Å². The van der Waals surface area contributed by atoms with Crippen molar-refractivity contribution >= 4 is 29.1 Å². The Kier molecular flexibility index (Phi) is 5.12. The Labute approximate surface area is 133 Å². The lowest BCUT2D eigenvalue weighted by atomic mass is 10.2. The molecule has 0 aliphatic carbocycles. The lowest BCUT2D eigenvalue weighted by molar-refractivity contribution is -0.116. The highest BCUT2D eigenvalue weighted by molar-refractivity contribution is 6.29. The Balaban J connectivity index is 1.96. The molecule has 5 nitrogen and oxygen atoms in total. The summed E-state index contributed by atoms with van der Waals surface area (Å²) in [5.41, 5.74) is 2.20. The zero-order chi connectivity index (χ0) is 16.1. The third-order valence-electron chi connectivity index (χ3n) is 3.04. The van der Waals surface area contributed by atoms with Gasteiger partial charge in [0.1, 0.15) is 5.15 Å². The maximum Gasteiger partial charge on any atom is 0.254 e. The molecule has 0 unspecified atom stereocenters. The molecule has 2 aromatic rings. The van der Waals surface area contributed by atoms with Crippen LogP contribution in [0.15, 0.2) is 42.6 Å². The Morgan fingerprint density at radius 2 is 1.91 bits per heavy atom. The van der Waals surface area contributed by atoms with Gasteiger partial charge in [-0.3, -0.25) is 9.59 Å². The molecule has 0 bridgehead atoms. The molecule has 22 heavy (non-hydrogen) atoms. The fraction of sp³-hybridized carbons (Fsp3) is 0.188. The van der Waals surface area contributed by atoms with Crippen LogP contribution in [0.5, 0.6) is 0 Å². The summed E-state index contributed by atoms with van der Waals surface area (Å²) in [6, 6.07) is 10.5. The number of carbonyl (C=O) groups is 2. The summed E-state index contributed by atoms with van der Waals surface area (Å²) in [5.74, 6) is -0.553. The van der Waals surface area contributed by atoms with Crippen LogP contribution in [-0.2, 0) is 4.79 Å². The molecule has 0 aliphatic heterocycles. The van der Waals surface area contributed by atoms with Crippen molar-refractivity contribution in [1.82, 2.24) is 9.88 Å². The summed E-state index contributed by atoms with van der Waals surface area (Å²) in [6.45, 7) is 1.92. The van der Waals surface area contributed by atoms with E-state index >= 15 is 0 Å². The number of likely N-dealkylation sites (N-methyl/N-ethyl adjacent to an activating group) is 1. The first-order valence-corrected chi connectivity index (χ1v) is 7.07. The van der Waals surface area contributed by atoms with Crippen molar-refractivity contribution < 1.29 is 9.59 Å². The van der Waals surface area contributed by atoms with Gasteiger partial charge in [0.15, 0.2) is 0 Å². The highest BCUT2D eigenvalue weighted by Crippen LogP contribution is 2.10. The SMILES string of the molecule is Cc1ccc(NC(=O)CN(C)C(=O)c2ccnc(Cl)c2)cc1. The minimum absolute atomic E-state index is 0.0490. The van der Waals surface area contributed by atoms with Gasteiger partial charge in [0.25, 0.3) is 5.91 Å². The predicted octanol–water partition coefficient (Wildman–Crippen LogP) is 2.75. The topological polar surface area (TPSA) is 62.3 Å². The third kappa shape index (κ3) is 4.30. The molecule has 0 saturated carbocycles. The number of aromatic nitrogens is 1. The molecule has 6 heteroatoms. The minimum Gasteiger partial charge on any atom is -0.332 e. The molecule has 0 saturated heterocycles. The first kappa shape index (κ1) is 16.0. The van der Waals surface area contributed by atoms with Crippen LogP contribution in [0.25, 0.3) is 0 Å². The second kappa shape index (κ2) is 7.04. The fourth-order valence-corrected chi connectivity index (χ4v) is 2.05. The zero-order valence-corrected chi connectivity index (χ0v) is 13.1. The summed E-state index contributed by atoms with van der Waals surface area (Å²) in [7, 11) is 1.56. The number of rotatable bonds is 4. The Bertz CT molecular complexity index is 686. The molecular weight excluding hydrogens is 302 g/mol. The molecule has 0 fully saturated rings. The minimum atomic E-state index is -0.289. The maximum atomic E-state index is 12.2. The van der Waals surface area contributed by atoms with Crippen LogP contribution < -0.4 is 5.32 Å². The van der Waals surface area contributed by atoms with Crippen molar-refractivity contribution in [3.05, 3.63) is 58.9 Å². The Hall–Kier alpha value is -2.40. The number of carbonyl (C=O) groups excluding carboxylic acids is 2. The fourth-order valence-electron chi connectivity index (χ4n) is 1.88. The van der Waals surface area contributed by atoms with Crippen LogP contribution in [0.2, 0.25) is 5.15 Å². The molecule has 1 aromatic carbocycles. The van der Waals surface area contributed by atoms with E-state index in [1.807, 2.05) is 31.2 Å². The average molecular weight is 318 g/mol. The second-order valence-electron chi connectivity index (χ2n) is 4.94. The number of nitrogens with one attached hydrogen (secondary N) is 1. The van der Waals surface area contributed by atoms with Gasteiger partial charge in [0, 0.05) is 24.5 Å². The summed E-state index contributed by atoms with van der Waals surface area (Å²) < 4.78 is 0. The molecule has 0 spiro atoms. The third-order valence-corrected chi connectivity index (χ3v) is 3.24. The van der Waals surface area contributed by atoms with E-state index in [9.17, 15) is 9.59 Å². The van der Waals surface area contributed by atoms with Gasteiger partial charge in [-0.15, -0.1) is 0 Å². The normalized spacial score (nSPS) is 10.1. The predicted molar refractivity (Wildman–Crippen MR) is 86.0 cm³/mol. The number of halogens is 1. The van der Waals surface area contributed by atoms with E-state index in [1.54, 1.807) is 13.1 Å². The van der Waals surface area contributed by atoms with E-state index in [4.69, 9.17) is 11.6 Å². The molecule has 0 aliphatic rings. The molecular formula is C16H16ClN3O2. The summed E-state index contributed by atoms with van der Waals surface area (Å²) in [6.07, 6.45) is 1.45. The summed E-state index contributed by atoms with van der Waals surface area (Å²) >= 11 is 5.76. The van der Waals surface area contributed by atoms with Crippen molar-refractivity contribution in [2.45, 2.75) is 6.92 Å². The quantitative estimate of drug-likeness (QED) is 0.882. The van der Waals surface area contributed by atoms with Gasteiger partial charge in [0.05, 0.1) is 6.54 Å². The molecule has 2 amide bonds. The van der Waals surface area contributed by atoms with Crippen LogP contribution in [0.4, 0.5) is 5.69 Å². The number of benzene rings is 1. The van der Waals surface area contributed by atoms with Crippen molar-refractivity contribution in [1.29, 1.82) is 0 Å². The summed E-state index contributed by atoms with van der Waals surface area (Å²) in [4.78, 5) is 29.3. The van der Waals surface area contributed by atoms with E-state index in [2.05, 4.69) is 10.3 Å². The van der Waals surface area contributed by atoms with E-state index < -0.39 is 0 Å². The van der Waals surface area contributed by atoms with Gasteiger partial charge in [-0.2, -0.15) is 0 Å². The molecule has 0 radical (unpaired) electrons. The lowest BCUT2D eigenvalue weighted by Gasteiger charge is -2.17. The van der Waals surface area contributed by atoms with Gasteiger partial charge < -0.3 is 10.2 Å². The van der Waals surface area contributed by atoms with Crippen LogP contribution in [0, 0.1) is 6.92 Å². The molecule has 2 rings (SSSR count). The second-order valence-corrected chi connectivity index (χ2v) is 5.33. The number of hydrogen-bond donors (Lipinski definition) is 1. The average Bonchev–Trinajstić information content (AvgIpc) is 2.48. The van der Waals surface area contributed by atoms with Crippen LogP contribution in [-0.4, -0.2) is 35.3 Å². The van der Waals surface area contributed by atoms with Crippen LogP contribution in [0.3, 0.4) is 0 Å². The van der Waals surface area contributed by atoms with Crippen molar-refractivity contribution in [3.63, 3.8) is 0 Å². The highest BCUT2D eigenvalue weighted by Gasteiger charge is 2.15. The first-order valence-electron chi connectivity index (χ1n) is 6.69. The molecule has 114 valence electrons.